The molecule has 0 radical (unpaired) electrons. The third-order valence-corrected chi connectivity index (χ3v) is 6.38. The Balaban J connectivity index is 2.07. The molecular formula is C26H39N5O6. The molecule has 0 saturated heterocycles. The summed E-state index contributed by atoms with van der Waals surface area (Å²) in [7, 11) is 0. The van der Waals surface area contributed by atoms with Crippen molar-refractivity contribution in [2.24, 2.45) is 17.6 Å². The number of carbonyl (C=O) groups excluding carboxylic acids is 3. The fourth-order valence-electron chi connectivity index (χ4n) is 4.02. The van der Waals surface area contributed by atoms with E-state index in [2.05, 4.69) is 20.9 Å². The third kappa shape index (κ3) is 8.29. The summed E-state index contributed by atoms with van der Waals surface area (Å²) in [5, 5.41) is 27.6. The number of aliphatic hydroxyl groups is 1. The van der Waals surface area contributed by atoms with Gasteiger partial charge in [-0.2, -0.15) is 0 Å². The van der Waals surface area contributed by atoms with Crippen molar-refractivity contribution in [2.75, 3.05) is 6.61 Å². The Morgan fingerprint density at radius 1 is 0.973 bits per heavy atom. The molecule has 0 aliphatic carbocycles. The van der Waals surface area contributed by atoms with Gasteiger partial charge in [0.25, 0.3) is 0 Å². The van der Waals surface area contributed by atoms with E-state index < -0.39 is 54.5 Å². The molecule has 1 aromatic carbocycles. The molecule has 2 aromatic rings. The van der Waals surface area contributed by atoms with Gasteiger partial charge in [-0.1, -0.05) is 52.3 Å². The molecule has 0 bridgehead atoms. The Hall–Kier alpha value is -3.44. The molecule has 37 heavy (non-hydrogen) atoms. The molecule has 1 heterocycles. The van der Waals surface area contributed by atoms with Crippen molar-refractivity contribution in [1.29, 1.82) is 0 Å². The predicted octanol–water partition coefficient (Wildman–Crippen LogP) is 0.661. The largest absolute Gasteiger partial charge is 0.480 e. The summed E-state index contributed by atoms with van der Waals surface area (Å²) < 4.78 is 0. The Morgan fingerprint density at radius 3 is 2.19 bits per heavy atom. The summed E-state index contributed by atoms with van der Waals surface area (Å²) >= 11 is 0. The molecule has 11 heteroatoms. The number of carbonyl (C=O) groups is 4. The average molecular weight is 518 g/mol. The predicted molar refractivity (Wildman–Crippen MR) is 139 cm³/mol. The lowest BCUT2D eigenvalue weighted by Gasteiger charge is -2.26. The van der Waals surface area contributed by atoms with E-state index >= 15 is 0 Å². The second-order valence-electron chi connectivity index (χ2n) is 9.81. The first kappa shape index (κ1) is 29.8. The van der Waals surface area contributed by atoms with E-state index in [-0.39, 0.29) is 24.7 Å². The van der Waals surface area contributed by atoms with Gasteiger partial charge in [-0.25, -0.2) is 4.79 Å². The summed E-state index contributed by atoms with van der Waals surface area (Å²) in [6, 6.07) is 3.15. The van der Waals surface area contributed by atoms with Crippen molar-refractivity contribution in [3.05, 3.63) is 36.0 Å². The zero-order valence-corrected chi connectivity index (χ0v) is 21.8. The molecule has 5 unspecified atom stereocenters. The standard InChI is InChI=1S/C26H39N5O6/c1-5-15(4)22(26(36)37)31-25(35)21(13-32)30-24(34)20(10-14(2)3)29-23(33)18(27)11-16-12-28-19-9-7-6-8-17(16)19/h6-9,12,14-15,18,20-22,28,32H,5,10-11,13,27H2,1-4H3,(H,29,33)(H,30,34)(H,31,35)(H,36,37). The lowest BCUT2D eigenvalue weighted by molar-refractivity contribution is -0.144. The highest BCUT2D eigenvalue weighted by Gasteiger charge is 2.32. The summed E-state index contributed by atoms with van der Waals surface area (Å²) in [4.78, 5) is 53.3. The number of amides is 3. The van der Waals surface area contributed by atoms with Gasteiger partial charge >= 0.3 is 5.97 Å². The van der Waals surface area contributed by atoms with Gasteiger partial charge in [-0.15, -0.1) is 0 Å². The number of carboxylic acids is 1. The number of carboxylic acid groups (broad SMARTS) is 1. The zero-order chi connectivity index (χ0) is 27.7. The molecule has 0 aliphatic rings. The smallest absolute Gasteiger partial charge is 0.326 e. The number of nitrogens with two attached hydrogens (primary N) is 1. The van der Waals surface area contributed by atoms with Gasteiger partial charge in [0, 0.05) is 17.1 Å². The van der Waals surface area contributed by atoms with Crippen LogP contribution in [0.3, 0.4) is 0 Å². The summed E-state index contributed by atoms with van der Waals surface area (Å²) in [6.45, 7) is 6.48. The Kier molecular flexibility index (Phi) is 11.1. The Morgan fingerprint density at radius 2 is 1.59 bits per heavy atom. The second kappa shape index (κ2) is 13.8. The van der Waals surface area contributed by atoms with Crippen LogP contribution in [0.1, 0.15) is 46.1 Å². The maximum atomic E-state index is 13.0. The molecule has 8 N–H and O–H groups in total. The number of nitrogens with one attached hydrogen (secondary N) is 4. The summed E-state index contributed by atoms with van der Waals surface area (Å²) in [6.07, 6.45) is 2.82. The zero-order valence-electron chi connectivity index (χ0n) is 21.8. The molecule has 5 atom stereocenters. The van der Waals surface area contributed by atoms with E-state index in [0.717, 1.165) is 16.5 Å². The lowest BCUT2D eigenvalue weighted by atomic mass is 9.98. The number of para-hydroxylation sites is 1. The Labute approximate surface area is 216 Å². The van der Waals surface area contributed by atoms with E-state index in [1.165, 1.54) is 0 Å². The number of aromatic amines is 1. The van der Waals surface area contributed by atoms with Gasteiger partial charge in [0.05, 0.1) is 12.6 Å². The lowest BCUT2D eigenvalue weighted by Crippen LogP contribution is -2.59. The number of hydrogen-bond acceptors (Lipinski definition) is 6. The second-order valence-corrected chi connectivity index (χ2v) is 9.81. The molecule has 3 amide bonds. The molecule has 1 aromatic heterocycles. The normalized spacial score (nSPS) is 15.4. The molecule has 0 spiro atoms. The number of aromatic nitrogens is 1. The van der Waals surface area contributed by atoms with Gasteiger partial charge in [-0.3, -0.25) is 14.4 Å². The third-order valence-electron chi connectivity index (χ3n) is 6.38. The fourth-order valence-corrected chi connectivity index (χ4v) is 4.02. The van der Waals surface area contributed by atoms with Crippen LogP contribution in [0.2, 0.25) is 0 Å². The number of aliphatic hydroxyl groups excluding tert-OH is 1. The van der Waals surface area contributed by atoms with Crippen LogP contribution >= 0.6 is 0 Å². The molecule has 2 rings (SSSR count). The van der Waals surface area contributed by atoms with Crippen LogP contribution in [-0.2, 0) is 25.6 Å². The summed E-state index contributed by atoms with van der Waals surface area (Å²) in [5.41, 5.74) is 7.96. The average Bonchev–Trinajstić information content (AvgIpc) is 3.26. The highest BCUT2D eigenvalue weighted by Crippen LogP contribution is 2.19. The maximum absolute atomic E-state index is 13.0. The van der Waals surface area contributed by atoms with Gasteiger partial charge in [-0.05, 0) is 36.3 Å². The van der Waals surface area contributed by atoms with Crippen LogP contribution in [0.15, 0.2) is 30.5 Å². The maximum Gasteiger partial charge on any atom is 0.326 e. The summed E-state index contributed by atoms with van der Waals surface area (Å²) in [5.74, 6) is -3.58. The fraction of sp³-hybridized carbons (Fsp3) is 0.538. The van der Waals surface area contributed by atoms with E-state index in [4.69, 9.17) is 5.73 Å². The monoisotopic (exact) mass is 517 g/mol. The number of H-pyrrole nitrogens is 1. The highest BCUT2D eigenvalue weighted by atomic mass is 16.4. The van der Waals surface area contributed by atoms with Crippen molar-refractivity contribution in [3.8, 4) is 0 Å². The minimum atomic E-state index is -1.38. The molecule has 0 fully saturated rings. The van der Waals surface area contributed by atoms with Crippen LogP contribution in [0, 0.1) is 11.8 Å². The molecule has 11 nitrogen and oxygen atoms in total. The van der Waals surface area contributed by atoms with Crippen molar-refractivity contribution >= 4 is 34.6 Å². The molecule has 204 valence electrons. The minimum Gasteiger partial charge on any atom is -0.480 e. The van der Waals surface area contributed by atoms with Gasteiger partial charge < -0.3 is 36.9 Å². The number of fused-ring (bicyclic) bond motifs is 1. The van der Waals surface area contributed by atoms with Crippen molar-refractivity contribution in [1.82, 2.24) is 20.9 Å². The number of hydrogen-bond donors (Lipinski definition) is 7. The SMILES string of the molecule is CCC(C)C(NC(=O)C(CO)NC(=O)C(CC(C)C)NC(=O)C(N)Cc1c[nH]c2ccccc12)C(=O)O. The first-order valence-electron chi connectivity index (χ1n) is 12.5. The first-order chi connectivity index (χ1) is 17.5. The Bertz CT molecular complexity index is 1080. The van der Waals surface area contributed by atoms with E-state index in [1.807, 2.05) is 38.1 Å². The van der Waals surface area contributed by atoms with Crippen LogP contribution in [0.4, 0.5) is 0 Å². The van der Waals surface area contributed by atoms with Crippen molar-refractivity contribution < 1.29 is 29.4 Å². The van der Waals surface area contributed by atoms with E-state index in [1.54, 1.807) is 20.0 Å². The van der Waals surface area contributed by atoms with Crippen molar-refractivity contribution in [2.45, 2.75) is 71.1 Å². The van der Waals surface area contributed by atoms with Gasteiger partial charge in [0.2, 0.25) is 17.7 Å². The first-order valence-corrected chi connectivity index (χ1v) is 12.5. The van der Waals surface area contributed by atoms with Crippen LogP contribution < -0.4 is 21.7 Å². The topological polar surface area (TPSA) is 187 Å². The quantitative estimate of drug-likeness (QED) is 0.192. The molecule has 0 aliphatic heterocycles. The van der Waals surface area contributed by atoms with Gasteiger partial charge in [0.1, 0.15) is 18.1 Å². The number of rotatable bonds is 14. The van der Waals surface area contributed by atoms with E-state index in [0.29, 0.717) is 6.42 Å². The van der Waals surface area contributed by atoms with Crippen LogP contribution in [-0.4, -0.2) is 69.7 Å². The van der Waals surface area contributed by atoms with E-state index in [9.17, 15) is 29.4 Å². The highest BCUT2D eigenvalue weighted by molar-refractivity contribution is 5.94. The van der Waals surface area contributed by atoms with Gasteiger partial charge in [0.15, 0.2) is 0 Å². The number of aliphatic carboxylic acids is 1. The molecular weight excluding hydrogens is 478 g/mol. The van der Waals surface area contributed by atoms with Crippen LogP contribution in [0.5, 0.6) is 0 Å². The van der Waals surface area contributed by atoms with Crippen LogP contribution in [0.25, 0.3) is 10.9 Å². The molecule has 0 saturated carbocycles. The minimum absolute atomic E-state index is 0.0177. The van der Waals surface area contributed by atoms with Crippen molar-refractivity contribution in [3.63, 3.8) is 0 Å². The number of benzene rings is 1.